The molecule has 1 N–H and O–H groups in total. The summed E-state index contributed by atoms with van der Waals surface area (Å²) >= 11 is 1.59. The smallest absolute Gasteiger partial charge is 0.133 e. The topological polar surface area (TPSA) is 37.3 Å². The average molecular weight is 210 g/mol. The van der Waals surface area contributed by atoms with Crippen LogP contribution in [0.5, 0.6) is 0 Å². The minimum atomic E-state index is -0.730. The molecule has 1 aromatic rings. The molecule has 0 atom stereocenters. The van der Waals surface area contributed by atoms with Crippen LogP contribution in [0.15, 0.2) is 11.4 Å². The van der Waals surface area contributed by atoms with Crippen LogP contribution < -0.4 is 0 Å². The SMILES string of the molecule is Cc1ccsc1C1(O)CCC(=O)CC1. The molecule has 0 aliphatic heterocycles. The molecule has 0 amide bonds. The zero-order valence-corrected chi connectivity index (χ0v) is 9.06. The zero-order valence-electron chi connectivity index (χ0n) is 8.25. The van der Waals surface area contributed by atoms with E-state index in [0.717, 1.165) is 10.4 Å². The van der Waals surface area contributed by atoms with Gasteiger partial charge in [0.25, 0.3) is 0 Å². The molecule has 3 heteroatoms. The predicted octanol–water partition coefficient (Wildman–Crippen LogP) is 2.39. The van der Waals surface area contributed by atoms with Crippen molar-refractivity contribution in [3.63, 3.8) is 0 Å². The number of ketones is 1. The Balaban J connectivity index is 2.25. The number of aryl methyl sites for hydroxylation is 1. The van der Waals surface area contributed by atoms with Gasteiger partial charge in [0.15, 0.2) is 0 Å². The lowest BCUT2D eigenvalue weighted by atomic mass is 9.82. The molecule has 1 aliphatic carbocycles. The van der Waals surface area contributed by atoms with Crippen LogP contribution in [0.1, 0.15) is 36.1 Å². The maximum Gasteiger partial charge on any atom is 0.133 e. The number of Topliss-reactive ketones (excluding diaryl/α,β-unsaturated/α-hetero) is 1. The fourth-order valence-corrected chi connectivity index (χ4v) is 3.10. The summed E-state index contributed by atoms with van der Waals surface area (Å²) in [4.78, 5) is 12.1. The summed E-state index contributed by atoms with van der Waals surface area (Å²) in [6.45, 7) is 2.01. The second kappa shape index (κ2) is 3.48. The maximum absolute atomic E-state index is 11.1. The zero-order chi connectivity index (χ0) is 10.2. The van der Waals surface area contributed by atoms with Crippen LogP contribution in [0.4, 0.5) is 0 Å². The van der Waals surface area contributed by atoms with Gasteiger partial charge in [0, 0.05) is 17.7 Å². The third kappa shape index (κ3) is 1.62. The highest BCUT2D eigenvalue weighted by Gasteiger charge is 2.35. The summed E-state index contributed by atoms with van der Waals surface area (Å²) in [7, 11) is 0. The molecule has 2 nitrogen and oxygen atoms in total. The first-order valence-corrected chi connectivity index (χ1v) is 5.78. The van der Waals surface area contributed by atoms with Crippen LogP contribution in [-0.2, 0) is 10.4 Å². The highest BCUT2D eigenvalue weighted by Crippen LogP contribution is 2.39. The molecule has 1 aliphatic rings. The Labute approximate surface area is 87.6 Å². The second-order valence-electron chi connectivity index (χ2n) is 4.00. The van der Waals surface area contributed by atoms with Crippen molar-refractivity contribution >= 4 is 17.1 Å². The molecule has 0 bridgehead atoms. The molecule has 2 rings (SSSR count). The summed E-state index contributed by atoms with van der Waals surface area (Å²) in [5.41, 5.74) is 0.415. The number of carbonyl (C=O) groups is 1. The molecule has 0 radical (unpaired) electrons. The Morgan fingerprint density at radius 1 is 1.43 bits per heavy atom. The van der Waals surface area contributed by atoms with Gasteiger partial charge in [0.05, 0.1) is 5.60 Å². The maximum atomic E-state index is 11.1. The van der Waals surface area contributed by atoms with Crippen LogP contribution in [0, 0.1) is 6.92 Å². The second-order valence-corrected chi connectivity index (χ2v) is 4.92. The van der Waals surface area contributed by atoms with Crippen molar-refractivity contribution in [3.8, 4) is 0 Å². The van der Waals surface area contributed by atoms with E-state index in [9.17, 15) is 9.90 Å². The van der Waals surface area contributed by atoms with E-state index in [0.29, 0.717) is 25.7 Å². The summed E-state index contributed by atoms with van der Waals surface area (Å²) < 4.78 is 0. The molecule has 1 aromatic heterocycles. The number of aliphatic hydroxyl groups is 1. The number of rotatable bonds is 1. The first-order valence-electron chi connectivity index (χ1n) is 4.90. The van der Waals surface area contributed by atoms with Crippen molar-refractivity contribution in [1.29, 1.82) is 0 Å². The van der Waals surface area contributed by atoms with Crippen LogP contribution in [0.2, 0.25) is 0 Å². The first kappa shape index (κ1) is 9.87. The average Bonchev–Trinajstić information content (AvgIpc) is 2.58. The summed E-state index contributed by atoms with van der Waals surface area (Å²) in [5, 5.41) is 12.4. The van der Waals surface area contributed by atoms with Crippen LogP contribution in [0.3, 0.4) is 0 Å². The van der Waals surface area contributed by atoms with Crippen molar-refractivity contribution < 1.29 is 9.90 Å². The van der Waals surface area contributed by atoms with Crippen LogP contribution in [0.25, 0.3) is 0 Å². The monoisotopic (exact) mass is 210 g/mol. The van der Waals surface area contributed by atoms with E-state index in [1.807, 2.05) is 18.4 Å². The number of carbonyl (C=O) groups excluding carboxylic acids is 1. The summed E-state index contributed by atoms with van der Waals surface area (Å²) in [5.74, 6) is 0.281. The fourth-order valence-electron chi connectivity index (χ4n) is 2.02. The van der Waals surface area contributed by atoms with Crippen LogP contribution in [-0.4, -0.2) is 10.9 Å². The molecule has 0 aromatic carbocycles. The lowest BCUT2D eigenvalue weighted by Gasteiger charge is -2.31. The first-order chi connectivity index (χ1) is 6.62. The molecule has 76 valence electrons. The van der Waals surface area contributed by atoms with Gasteiger partial charge in [0.2, 0.25) is 0 Å². The Hall–Kier alpha value is -0.670. The summed E-state index contributed by atoms with van der Waals surface area (Å²) in [6, 6.07) is 2.02. The molecule has 14 heavy (non-hydrogen) atoms. The van der Waals surface area contributed by atoms with E-state index in [2.05, 4.69) is 0 Å². The molecule has 1 heterocycles. The van der Waals surface area contributed by atoms with Crippen molar-refractivity contribution in [2.24, 2.45) is 0 Å². The predicted molar refractivity (Wildman–Crippen MR) is 56.4 cm³/mol. The standard InChI is InChI=1S/C11H14O2S/c1-8-4-7-14-10(8)11(13)5-2-9(12)3-6-11/h4,7,13H,2-3,5-6H2,1H3. The lowest BCUT2D eigenvalue weighted by molar-refractivity contribution is -0.125. The Morgan fingerprint density at radius 2 is 2.07 bits per heavy atom. The van der Waals surface area contributed by atoms with E-state index < -0.39 is 5.60 Å². The quantitative estimate of drug-likeness (QED) is 0.772. The third-order valence-electron chi connectivity index (χ3n) is 2.92. The molecule has 1 saturated carbocycles. The fraction of sp³-hybridized carbons (Fsp3) is 0.545. The molecular weight excluding hydrogens is 196 g/mol. The van der Waals surface area contributed by atoms with Gasteiger partial charge in [-0.25, -0.2) is 0 Å². The van der Waals surface area contributed by atoms with Crippen molar-refractivity contribution in [2.75, 3.05) is 0 Å². The molecule has 0 unspecified atom stereocenters. The minimum Gasteiger partial charge on any atom is -0.384 e. The van der Waals surface area contributed by atoms with Gasteiger partial charge in [-0.1, -0.05) is 0 Å². The van der Waals surface area contributed by atoms with Crippen molar-refractivity contribution in [1.82, 2.24) is 0 Å². The van der Waals surface area contributed by atoms with Gasteiger partial charge in [-0.15, -0.1) is 11.3 Å². The molecule has 0 spiro atoms. The highest BCUT2D eigenvalue weighted by molar-refractivity contribution is 7.10. The highest BCUT2D eigenvalue weighted by atomic mass is 32.1. The Morgan fingerprint density at radius 3 is 2.57 bits per heavy atom. The normalized spacial score (nSPS) is 21.1. The van der Waals surface area contributed by atoms with Gasteiger partial charge in [-0.2, -0.15) is 0 Å². The lowest BCUT2D eigenvalue weighted by Crippen LogP contribution is -2.31. The van der Waals surface area contributed by atoms with Gasteiger partial charge >= 0.3 is 0 Å². The third-order valence-corrected chi connectivity index (χ3v) is 4.13. The van der Waals surface area contributed by atoms with Gasteiger partial charge in [0.1, 0.15) is 5.78 Å². The minimum absolute atomic E-state index is 0.281. The van der Waals surface area contributed by atoms with Gasteiger partial charge in [-0.05, 0) is 36.8 Å². The Kier molecular flexibility index (Phi) is 2.45. The molecule has 1 fully saturated rings. The largest absolute Gasteiger partial charge is 0.384 e. The number of hydrogen-bond donors (Lipinski definition) is 1. The summed E-state index contributed by atoms with van der Waals surface area (Å²) in [6.07, 6.45) is 2.22. The van der Waals surface area contributed by atoms with Gasteiger partial charge in [-0.3, -0.25) is 4.79 Å². The van der Waals surface area contributed by atoms with Gasteiger partial charge < -0.3 is 5.11 Å². The Bertz CT molecular complexity index is 344. The number of hydrogen-bond acceptors (Lipinski definition) is 3. The van der Waals surface area contributed by atoms with Crippen molar-refractivity contribution in [2.45, 2.75) is 38.2 Å². The number of thiophene rings is 1. The van der Waals surface area contributed by atoms with E-state index in [-0.39, 0.29) is 5.78 Å². The van der Waals surface area contributed by atoms with E-state index >= 15 is 0 Å². The molecule has 0 saturated heterocycles. The van der Waals surface area contributed by atoms with Crippen LogP contribution >= 0.6 is 11.3 Å². The van der Waals surface area contributed by atoms with E-state index in [1.54, 1.807) is 11.3 Å². The molecular formula is C11H14O2S. The van der Waals surface area contributed by atoms with E-state index in [4.69, 9.17) is 0 Å². The van der Waals surface area contributed by atoms with E-state index in [1.165, 1.54) is 0 Å². The van der Waals surface area contributed by atoms with Crippen molar-refractivity contribution in [3.05, 3.63) is 21.9 Å².